The monoisotopic (exact) mass is 282 g/mol. The molecule has 1 aliphatic heterocycles. The molecular weight excluding hydrogens is 248 g/mol. The molecule has 1 saturated carbocycles. The highest BCUT2D eigenvalue weighted by atomic mass is 16.5. The molecule has 1 N–H and O–H groups in total. The van der Waals surface area contributed by atoms with E-state index in [1.54, 1.807) is 0 Å². The van der Waals surface area contributed by atoms with Gasteiger partial charge in [-0.05, 0) is 77.9 Å². The van der Waals surface area contributed by atoms with Crippen molar-refractivity contribution < 1.29 is 4.74 Å². The average molecular weight is 282 g/mol. The van der Waals surface area contributed by atoms with E-state index in [9.17, 15) is 0 Å². The third kappa shape index (κ3) is 3.55. The van der Waals surface area contributed by atoms with Crippen LogP contribution in [0.15, 0.2) is 0 Å². The minimum Gasteiger partial charge on any atom is -0.381 e. The summed E-state index contributed by atoms with van der Waals surface area (Å²) in [5.41, 5.74) is 0.361. The Morgan fingerprint density at radius 2 is 1.75 bits per heavy atom. The molecule has 0 radical (unpaired) electrons. The average Bonchev–Trinajstić information content (AvgIpc) is 2.47. The summed E-state index contributed by atoms with van der Waals surface area (Å²) in [6, 6.07) is 0.619. The first-order valence-corrected chi connectivity index (χ1v) is 8.51. The molecule has 0 aromatic rings. The van der Waals surface area contributed by atoms with Gasteiger partial charge in [0.2, 0.25) is 0 Å². The molecule has 1 saturated heterocycles. The normalized spacial score (nSPS) is 34.4. The van der Waals surface area contributed by atoms with Crippen LogP contribution in [-0.4, -0.2) is 50.8 Å². The van der Waals surface area contributed by atoms with Crippen LogP contribution in [0.5, 0.6) is 0 Å². The zero-order chi connectivity index (χ0) is 14.6. The van der Waals surface area contributed by atoms with E-state index in [0.717, 1.165) is 25.0 Å². The van der Waals surface area contributed by atoms with Gasteiger partial charge >= 0.3 is 0 Å². The lowest BCUT2D eigenvalue weighted by Gasteiger charge is -2.50. The minimum atomic E-state index is 0.361. The Morgan fingerprint density at radius 1 is 1.15 bits per heavy atom. The quantitative estimate of drug-likeness (QED) is 0.839. The van der Waals surface area contributed by atoms with Crippen molar-refractivity contribution in [1.29, 1.82) is 0 Å². The Hall–Kier alpha value is -0.120. The van der Waals surface area contributed by atoms with Crippen LogP contribution >= 0.6 is 0 Å². The molecule has 1 heterocycles. The highest BCUT2D eigenvalue weighted by Crippen LogP contribution is 2.40. The molecule has 0 bridgehead atoms. The van der Waals surface area contributed by atoms with Crippen molar-refractivity contribution in [3.05, 3.63) is 0 Å². The van der Waals surface area contributed by atoms with Crippen LogP contribution in [0.25, 0.3) is 0 Å². The second-order valence-electron chi connectivity index (χ2n) is 7.31. The largest absolute Gasteiger partial charge is 0.381 e. The number of hydrogen-bond acceptors (Lipinski definition) is 3. The van der Waals surface area contributed by atoms with Gasteiger partial charge in [0, 0.05) is 24.8 Å². The molecule has 0 aromatic carbocycles. The van der Waals surface area contributed by atoms with E-state index in [2.05, 4.69) is 38.3 Å². The number of rotatable bonds is 5. The molecule has 0 aromatic heterocycles. The maximum Gasteiger partial charge on any atom is 0.0468 e. The Labute approximate surface area is 125 Å². The summed E-state index contributed by atoms with van der Waals surface area (Å²) in [4.78, 5) is 2.51. The highest BCUT2D eigenvalue weighted by molar-refractivity contribution is 5.01. The van der Waals surface area contributed by atoms with E-state index in [4.69, 9.17) is 4.74 Å². The SMILES string of the molecule is CNC(CC1CCOCC1)C1(N(C)C)CCC(C)CC1. The summed E-state index contributed by atoms with van der Waals surface area (Å²) >= 11 is 0. The Kier molecular flexibility index (Phi) is 5.88. The van der Waals surface area contributed by atoms with Crippen LogP contribution in [0.1, 0.15) is 51.9 Å². The van der Waals surface area contributed by atoms with Gasteiger partial charge < -0.3 is 15.0 Å². The summed E-state index contributed by atoms with van der Waals surface area (Å²) in [6.07, 6.45) is 9.25. The summed E-state index contributed by atoms with van der Waals surface area (Å²) in [7, 11) is 6.72. The van der Waals surface area contributed by atoms with E-state index in [-0.39, 0.29) is 0 Å². The second-order valence-corrected chi connectivity index (χ2v) is 7.31. The van der Waals surface area contributed by atoms with E-state index in [1.807, 2.05) is 0 Å². The van der Waals surface area contributed by atoms with E-state index < -0.39 is 0 Å². The lowest BCUT2D eigenvalue weighted by Crippen LogP contribution is -2.60. The predicted molar refractivity (Wildman–Crippen MR) is 85.1 cm³/mol. The molecule has 2 fully saturated rings. The van der Waals surface area contributed by atoms with Crippen LogP contribution in [0, 0.1) is 11.8 Å². The summed E-state index contributed by atoms with van der Waals surface area (Å²) < 4.78 is 5.52. The number of nitrogens with one attached hydrogen (secondary N) is 1. The van der Waals surface area contributed by atoms with Crippen molar-refractivity contribution in [2.45, 2.75) is 63.5 Å². The fourth-order valence-corrected chi connectivity index (χ4v) is 4.29. The Bertz CT molecular complexity index is 279. The van der Waals surface area contributed by atoms with Crippen LogP contribution in [-0.2, 0) is 4.74 Å². The van der Waals surface area contributed by atoms with Crippen LogP contribution in [0.4, 0.5) is 0 Å². The van der Waals surface area contributed by atoms with E-state index >= 15 is 0 Å². The molecule has 20 heavy (non-hydrogen) atoms. The van der Waals surface area contributed by atoms with Crippen molar-refractivity contribution in [3.63, 3.8) is 0 Å². The topological polar surface area (TPSA) is 24.5 Å². The standard InChI is InChI=1S/C17H34N2O/c1-14-5-9-17(10-6-14,19(3)4)16(18-2)13-15-7-11-20-12-8-15/h14-16,18H,5-13H2,1-4H3. The number of nitrogens with zero attached hydrogens (tertiary/aromatic N) is 1. The summed E-state index contributed by atoms with van der Waals surface area (Å²) in [5, 5.41) is 3.67. The highest BCUT2D eigenvalue weighted by Gasteiger charge is 2.43. The van der Waals surface area contributed by atoms with Gasteiger partial charge in [0.05, 0.1) is 0 Å². The molecule has 1 aliphatic carbocycles. The van der Waals surface area contributed by atoms with Gasteiger partial charge in [-0.1, -0.05) is 6.92 Å². The molecule has 0 spiro atoms. The maximum atomic E-state index is 5.52. The van der Waals surface area contributed by atoms with Gasteiger partial charge in [-0.15, -0.1) is 0 Å². The van der Waals surface area contributed by atoms with Crippen molar-refractivity contribution in [1.82, 2.24) is 10.2 Å². The first kappa shape index (κ1) is 16.3. The van der Waals surface area contributed by atoms with Crippen molar-refractivity contribution in [2.24, 2.45) is 11.8 Å². The zero-order valence-corrected chi connectivity index (χ0v) is 14.0. The predicted octanol–water partition coefficient (Wildman–Crippen LogP) is 2.90. The molecule has 118 valence electrons. The number of likely N-dealkylation sites (N-methyl/N-ethyl adjacent to an activating group) is 2. The molecule has 0 amide bonds. The minimum absolute atomic E-state index is 0.361. The summed E-state index contributed by atoms with van der Waals surface area (Å²) in [5.74, 6) is 1.75. The molecule has 2 aliphatic rings. The zero-order valence-electron chi connectivity index (χ0n) is 14.0. The molecule has 1 atom stereocenters. The fourth-order valence-electron chi connectivity index (χ4n) is 4.29. The Morgan fingerprint density at radius 3 is 2.25 bits per heavy atom. The van der Waals surface area contributed by atoms with E-state index in [1.165, 1.54) is 44.9 Å². The van der Waals surface area contributed by atoms with Gasteiger partial charge in [0.15, 0.2) is 0 Å². The smallest absolute Gasteiger partial charge is 0.0468 e. The van der Waals surface area contributed by atoms with Crippen molar-refractivity contribution in [3.8, 4) is 0 Å². The van der Waals surface area contributed by atoms with Gasteiger partial charge in [-0.25, -0.2) is 0 Å². The van der Waals surface area contributed by atoms with Gasteiger partial charge in [0.1, 0.15) is 0 Å². The third-order valence-corrected chi connectivity index (χ3v) is 5.94. The molecule has 3 heteroatoms. The third-order valence-electron chi connectivity index (χ3n) is 5.94. The molecular formula is C17H34N2O. The Balaban J connectivity index is 2.04. The van der Waals surface area contributed by atoms with E-state index in [0.29, 0.717) is 11.6 Å². The maximum absolute atomic E-state index is 5.52. The van der Waals surface area contributed by atoms with Gasteiger partial charge in [-0.3, -0.25) is 0 Å². The first-order valence-electron chi connectivity index (χ1n) is 8.51. The number of hydrogen-bond donors (Lipinski definition) is 1. The summed E-state index contributed by atoms with van der Waals surface area (Å²) in [6.45, 7) is 4.34. The van der Waals surface area contributed by atoms with Crippen LogP contribution < -0.4 is 5.32 Å². The lowest BCUT2D eigenvalue weighted by molar-refractivity contribution is 0.0181. The van der Waals surface area contributed by atoms with Gasteiger partial charge in [0.25, 0.3) is 0 Å². The fraction of sp³-hybridized carbons (Fsp3) is 1.00. The van der Waals surface area contributed by atoms with Crippen molar-refractivity contribution in [2.75, 3.05) is 34.4 Å². The van der Waals surface area contributed by atoms with Gasteiger partial charge in [-0.2, -0.15) is 0 Å². The second kappa shape index (κ2) is 7.24. The molecule has 2 rings (SSSR count). The lowest BCUT2D eigenvalue weighted by atomic mass is 9.69. The van der Waals surface area contributed by atoms with Crippen LogP contribution in [0.3, 0.4) is 0 Å². The van der Waals surface area contributed by atoms with Crippen LogP contribution in [0.2, 0.25) is 0 Å². The first-order chi connectivity index (χ1) is 9.58. The molecule has 1 unspecified atom stereocenters. The molecule has 3 nitrogen and oxygen atoms in total. The van der Waals surface area contributed by atoms with Crippen molar-refractivity contribution >= 4 is 0 Å². The number of ether oxygens (including phenoxy) is 1.